The van der Waals surface area contributed by atoms with E-state index < -0.39 is 0 Å². The van der Waals surface area contributed by atoms with E-state index >= 15 is 0 Å². The lowest BCUT2D eigenvalue weighted by atomic mass is 10.0. The molecule has 0 spiro atoms. The minimum Gasteiger partial charge on any atom is -0.490 e. The van der Waals surface area contributed by atoms with Crippen molar-refractivity contribution in [2.75, 3.05) is 0 Å². The molecule has 0 aromatic carbocycles. The van der Waals surface area contributed by atoms with Gasteiger partial charge in [0.25, 0.3) is 0 Å². The van der Waals surface area contributed by atoms with E-state index in [1.165, 1.54) is 11.3 Å². The molecule has 1 nitrogen and oxygen atoms in total. The van der Waals surface area contributed by atoms with Crippen LogP contribution in [0.1, 0.15) is 19.3 Å². The van der Waals surface area contributed by atoms with Crippen LogP contribution in [0.4, 0.5) is 0 Å². The summed E-state index contributed by atoms with van der Waals surface area (Å²) in [6, 6.07) is 0. The molecule has 0 unspecified atom stereocenters. The van der Waals surface area contributed by atoms with Crippen LogP contribution in [0.3, 0.4) is 0 Å². The van der Waals surface area contributed by atoms with Crippen LogP contribution in [-0.2, 0) is 4.74 Å². The van der Waals surface area contributed by atoms with Crippen LogP contribution >= 0.6 is 0 Å². The lowest BCUT2D eigenvalue weighted by Gasteiger charge is -2.05. The lowest BCUT2D eigenvalue weighted by Crippen LogP contribution is -1.87. The molecule has 47 valence electrons. The van der Waals surface area contributed by atoms with Gasteiger partial charge in [0.2, 0.25) is 0 Å². The zero-order valence-electron chi connectivity index (χ0n) is 5.26. The molecule has 1 aliphatic heterocycles. The summed E-state index contributed by atoms with van der Waals surface area (Å²) in [6.45, 7) is 1.89. The number of ether oxygens (including phenoxy) is 1. The average molecular weight is 121 g/mol. The van der Waals surface area contributed by atoms with Gasteiger partial charge in [-0.15, -0.1) is 0 Å². The molecule has 0 atom stereocenters. The Kier molecular flexibility index (Phi) is 1.08. The summed E-state index contributed by atoms with van der Waals surface area (Å²) >= 11 is 0. The molecule has 2 rings (SSSR count). The van der Waals surface area contributed by atoms with Crippen molar-refractivity contribution >= 4 is 0 Å². The van der Waals surface area contributed by atoms with Crippen LogP contribution < -0.4 is 0 Å². The van der Waals surface area contributed by atoms with Crippen LogP contribution in [-0.4, -0.2) is 0 Å². The van der Waals surface area contributed by atoms with Gasteiger partial charge in [-0.25, -0.2) is 0 Å². The number of hydrogen-bond donors (Lipinski definition) is 0. The Hall–Kier alpha value is -0.720. The Morgan fingerprint density at radius 2 is 2.00 bits per heavy atom. The summed E-state index contributed by atoms with van der Waals surface area (Å²) in [6.07, 6.45) is 7.52. The second-order valence-electron chi connectivity index (χ2n) is 2.40. The fraction of sp³-hybridized carbons (Fsp3) is 0.375. The van der Waals surface area contributed by atoms with Crippen molar-refractivity contribution in [1.29, 1.82) is 0 Å². The van der Waals surface area contributed by atoms with Gasteiger partial charge in [-0.3, -0.25) is 0 Å². The van der Waals surface area contributed by atoms with Crippen molar-refractivity contribution in [3.05, 3.63) is 30.1 Å². The Bertz CT molecular complexity index is 159. The summed E-state index contributed by atoms with van der Waals surface area (Å²) in [5.74, 6) is 1.19. The molecule has 1 heterocycles. The average Bonchev–Trinajstić information content (AvgIpc) is 2.33. The first-order chi connectivity index (χ1) is 4.47. The van der Waals surface area contributed by atoms with E-state index in [0.717, 1.165) is 19.3 Å². The monoisotopic (exact) mass is 121 g/mol. The fourth-order valence-electron chi connectivity index (χ4n) is 1.25. The molecule has 1 aliphatic carbocycles. The van der Waals surface area contributed by atoms with Gasteiger partial charge in [0.1, 0.15) is 6.61 Å². The molecule has 1 heteroatoms. The van der Waals surface area contributed by atoms with E-state index in [1.54, 1.807) is 0 Å². The van der Waals surface area contributed by atoms with Gasteiger partial charge in [0.05, 0.1) is 5.76 Å². The first kappa shape index (κ1) is 5.10. The zero-order chi connectivity index (χ0) is 6.10. The van der Waals surface area contributed by atoms with Gasteiger partial charge in [0, 0.05) is 12.8 Å². The largest absolute Gasteiger partial charge is 0.490 e. The molecule has 0 aromatic rings. The van der Waals surface area contributed by atoms with Gasteiger partial charge < -0.3 is 4.74 Å². The first-order valence-corrected chi connectivity index (χ1v) is 3.31. The quantitative estimate of drug-likeness (QED) is 0.446. The molecular formula is C8H9O. The SMILES string of the molecule is [CH]1CC2=C(CC=CC2)O1. The maximum Gasteiger partial charge on any atom is 0.139 e. The standard InChI is InChI=1S/C8H9O/c1-2-4-8-7(3-1)5-6-9-8/h1-2,6H,3-5H2. The molecule has 0 bridgehead atoms. The second kappa shape index (κ2) is 1.90. The van der Waals surface area contributed by atoms with Crippen LogP contribution in [0, 0.1) is 6.61 Å². The van der Waals surface area contributed by atoms with Crippen molar-refractivity contribution in [1.82, 2.24) is 0 Å². The van der Waals surface area contributed by atoms with Crippen molar-refractivity contribution in [2.45, 2.75) is 19.3 Å². The van der Waals surface area contributed by atoms with Crippen molar-refractivity contribution < 1.29 is 4.74 Å². The third-order valence-corrected chi connectivity index (χ3v) is 1.78. The first-order valence-electron chi connectivity index (χ1n) is 3.31. The third-order valence-electron chi connectivity index (χ3n) is 1.78. The van der Waals surface area contributed by atoms with Gasteiger partial charge in [-0.1, -0.05) is 12.2 Å². The Morgan fingerprint density at radius 1 is 1.11 bits per heavy atom. The highest BCUT2D eigenvalue weighted by molar-refractivity contribution is 5.24. The minimum atomic E-state index is 1.01. The summed E-state index contributed by atoms with van der Waals surface area (Å²) in [5, 5.41) is 0. The molecule has 2 aliphatic rings. The second-order valence-corrected chi connectivity index (χ2v) is 2.40. The van der Waals surface area contributed by atoms with E-state index in [1.807, 2.05) is 6.61 Å². The van der Waals surface area contributed by atoms with Crippen LogP contribution in [0.25, 0.3) is 0 Å². The van der Waals surface area contributed by atoms with Crippen LogP contribution in [0.2, 0.25) is 0 Å². The molecule has 0 fully saturated rings. The van der Waals surface area contributed by atoms with E-state index in [0.29, 0.717) is 0 Å². The number of allylic oxidation sites excluding steroid dienone is 2. The highest BCUT2D eigenvalue weighted by Gasteiger charge is 2.15. The highest BCUT2D eigenvalue weighted by Crippen LogP contribution is 2.30. The van der Waals surface area contributed by atoms with Gasteiger partial charge >= 0.3 is 0 Å². The molecule has 0 saturated heterocycles. The molecule has 0 saturated carbocycles. The normalized spacial score (nSPS) is 24.0. The Morgan fingerprint density at radius 3 is 2.89 bits per heavy atom. The number of hydrogen-bond acceptors (Lipinski definition) is 1. The molecule has 0 amide bonds. The maximum absolute atomic E-state index is 5.26. The third kappa shape index (κ3) is 0.766. The van der Waals surface area contributed by atoms with Crippen molar-refractivity contribution in [3.8, 4) is 0 Å². The van der Waals surface area contributed by atoms with Crippen LogP contribution in [0.15, 0.2) is 23.5 Å². The van der Waals surface area contributed by atoms with Crippen molar-refractivity contribution in [3.63, 3.8) is 0 Å². The molecular weight excluding hydrogens is 112 g/mol. The summed E-state index contributed by atoms with van der Waals surface area (Å²) in [5.41, 5.74) is 1.47. The predicted molar refractivity (Wildman–Crippen MR) is 35.4 cm³/mol. The molecule has 9 heavy (non-hydrogen) atoms. The Balaban J connectivity index is 2.21. The smallest absolute Gasteiger partial charge is 0.139 e. The topological polar surface area (TPSA) is 9.23 Å². The van der Waals surface area contributed by atoms with E-state index in [-0.39, 0.29) is 0 Å². The summed E-state index contributed by atoms with van der Waals surface area (Å²) in [4.78, 5) is 0. The molecule has 0 N–H and O–H groups in total. The van der Waals surface area contributed by atoms with E-state index in [4.69, 9.17) is 4.74 Å². The number of rotatable bonds is 0. The maximum atomic E-state index is 5.26. The molecule has 0 aromatic heterocycles. The highest BCUT2D eigenvalue weighted by atomic mass is 16.5. The predicted octanol–water partition coefficient (Wildman–Crippen LogP) is 2.17. The summed E-state index contributed by atoms with van der Waals surface area (Å²) in [7, 11) is 0. The van der Waals surface area contributed by atoms with Crippen LogP contribution in [0.5, 0.6) is 0 Å². The fourth-order valence-corrected chi connectivity index (χ4v) is 1.25. The van der Waals surface area contributed by atoms with E-state index in [2.05, 4.69) is 12.2 Å². The zero-order valence-corrected chi connectivity index (χ0v) is 5.26. The summed E-state index contributed by atoms with van der Waals surface area (Å²) < 4.78 is 5.26. The minimum absolute atomic E-state index is 1.01. The Labute approximate surface area is 55.0 Å². The lowest BCUT2D eigenvalue weighted by molar-refractivity contribution is 0.305. The van der Waals surface area contributed by atoms with Gasteiger partial charge in [-0.2, -0.15) is 0 Å². The van der Waals surface area contributed by atoms with Gasteiger partial charge in [-0.05, 0) is 12.0 Å². The van der Waals surface area contributed by atoms with Crippen molar-refractivity contribution in [2.24, 2.45) is 0 Å². The van der Waals surface area contributed by atoms with E-state index in [9.17, 15) is 0 Å². The molecule has 1 radical (unpaired) electrons. The van der Waals surface area contributed by atoms with Gasteiger partial charge in [0.15, 0.2) is 0 Å².